The molecule has 2 aromatic rings. The highest BCUT2D eigenvalue weighted by Crippen LogP contribution is 2.19. The number of pyridine rings is 1. The molecule has 17 heavy (non-hydrogen) atoms. The van der Waals surface area contributed by atoms with Gasteiger partial charge in [-0.1, -0.05) is 41.0 Å². The first-order valence-electron chi connectivity index (χ1n) is 5.01. The van der Waals surface area contributed by atoms with E-state index in [1.54, 1.807) is 12.3 Å². The molecule has 0 saturated carbocycles. The maximum absolute atomic E-state index is 8.22. The van der Waals surface area contributed by atoms with Gasteiger partial charge < -0.3 is 0 Å². The highest BCUT2D eigenvalue weighted by Gasteiger charge is 1.99. The first-order valence-corrected chi connectivity index (χ1v) is 5.39. The van der Waals surface area contributed by atoms with Crippen molar-refractivity contribution in [3.63, 3.8) is 0 Å². The molecule has 84 valence electrons. The molecule has 2 rings (SSSR count). The van der Waals surface area contributed by atoms with E-state index in [1.807, 2.05) is 30.3 Å². The van der Waals surface area contributed by atoms with Crippen LogP contribution in [0.4, 0.5) is 0 Å². The molecule has 1 aromatic carbocycles. The van der Waals surface area contributed by atoms with E-state index < -0.39 is 0 Å². The molecule has 0 radical (unpaired) electrons. The molecule has 0 fully saturated rings. The van der Waals surface area contributed by atoms with Crippen molar-refractivity contribution in [2.75, 3.05) is 0 Å². The van der Waals surface area contributed by atoms with Gasteiger partial charge in [0.1, 0.15) is 0 Å². The van der Waals surface area contributed by atoms with Crippen LogP contribution in [-0.2, 0) is 6.54 Å². The summed E-state index contributed by atoms with van der Waals surface area (Å²) >= 11 is 5.77. The second kappa shape index (κ2) is 5.34. The second-order valence-corrected chi connectivity index (χ2v) is 3.88. The van der Waals surface area contributed by atoms with Gasteiger partial charge in [-0.3, -0.25) is 4.98 Å². The SMILES string of the molecule is [N-]=[N+]=NCc1ccc(-c2ccc(Cl)cn2)cc1. The summed E-state index contributed by atoms with van der Waals surface area (Å²) in [6.45, 7) is 0.366. The third-order valence-corrected chi connectivity index (χ3v) is 2.52. The van der Waals surface area contributed by atoms with Crippen LogP contribution in [0.3, 0.4) is 0 Å². The van der Waals surface area contributed by atoms with Crippen molar-refractivity contribution >= 4 is 11.6 Å². The van der Waals surface area contributed by atoms with E-state index in [0.717, 1.165) is 16.8 Å². The van der Waals surface area contributed by atoms with Crippen molar-refractivity contribution in [2.45, 2.75) is 6.54 Å². The van der Waals surface area contributed by atoms with Crippen LogP contribution >= 0.6 is 11.6 Å². The van der Waals surface area contributed by atoms with Crippen LogP contribution in [0.2, 0.25) is 5.02 Å². The summed E-state index contributed by atoms with van der Waals surface area (Å²) in [5, 5.41) is 4.12. The zero-order valence-electron chi connectivity index (χ0n) is 8.92. The molecule has 0 aliphatic heterocycles. The molecular weight excluding hydrogens is 236 g/mol. The van der Waals surface area contributed by atoms with Crippen molar-refractivity contribution in [1.29, 1.82) is 0 Å². The van der Waals surface area contributed by atoms with Crippen molar-refractivity contribution < 1.29 is 0 Å². The van der Waals surface area contributed by atoms with E-state index >= 15 is 0 Å². The minimum Gasteiger partial charge on any atom is -0.255 e. The highest BCUT2D eigenvalue weighted by atomic mass is 35.5. The highest BCUT2D eigenvalue weighted by molar-refractivity contribution is 6.30. The molecule has 4 nitrogen and oxygen atoms in total. The fraction of sp³-hybridized carbons (Fsp3) is 0.0833. The van der Waals surface area contributed by atoms with Crippen molar-refractivity contribution in [3.05, 3.63) is 63.6 Å². The first kappa shape index (κ1) is 11.5. The van der Waals surface area contributed by atoms with Crippen molar-refractivity contribution in [2.24, 2.45) is 5.11 Å². The van der Waals surface area contributed by atoms with Gasteiger partial charge in [0.05, 0.1) is 17.3 Å². The van der Waals surface area contributed by atoms with Crippen LogP contribution in [0, 0.1) is 0 Å². The Kier molecular flexibility index (Phi) is 3.60. The molecular formula is C12H9ClN4. The molecule has 1 heterocycles. The molecule has 0 aliphatic carbocycles. The quantitative estimate of drug-likeness (QED) is 0.453. The monoisotopic (exact) mass is 244 g/mol. The number of azide groups is 1. The van der Waals surface area contributed by atoms with E-state index in [4.69, 9.17) is 17.1 Å². The number of rotatable bonds is 3. The average Bonchev–Trinajstić information content (AvgIpc) is 2.38. The Bertz CT molecular complexity index is 542. The minimum absolute atomic E-state index is 0.366. The van der Waals surface area contributed by atoms with E-state index in [9.17, 15) is 0 Å². The summed E-state index contributed by atoms with van der Waals surface area (Å²) in [6, 6.07) is 11.4. The van der Waals surface area contributed by atoms with Gasteiger partial charge in [-0.25, -0.2) is 0 Å². The van der Waals surface area contributed by atoms with Crippen molar-refractivity contribution in [3.8, 4) is 11.3 Å². The van der Waals surface area contributed by atoms with Gasteiger partial charge in [0.25, 0.3) is 0 Å². The zero-order chi connectivity index (χ0) is 12.1. The standard InChI is InChI=1S/C12H9ClN4/c13-11-5-6-12(15-8-11)10-3-1-9(2-4-10)7-16-17-14/h1-6,8H,7H2. The Morgan fingerprint density at radius 3 is 2.53 bits per heavy atom. The molecule has 0 saturated heterocycles. The maximum atomic E-state index is 8.22. The van der Waals surface area contributed by atoms with Crippen LogP contribution in [0.5, 0.6) is 0 Å². The molecule has 0 spiro atoms. The predicted octanol–water partition coefficient (Wildman–Crippen LogP) is 4.21. The van der Waals surface area contributed by atoms with Gasteiger partial charge in [-0.15, -0.1) is 0 Å². The third kappa shape index (κ3) is 2.97. The van der Waals surface area contributed by atoms with Crippen LogP contribution in [-0.4, -0.2) is 4.98 Å². The van der Waals surface area contributed by atoms with Gasteiger partial charge in [-0.05, 0) is 23.2 Å². The van der Waals surface area contributed by atoms with E-state index in [-0.39, 0.29) is 0 Å². The van der Waals surface area contributed by atoms with Crippen LogP contribution in [0.25, 0.3) is 21.7 Å². The molecule has 0 bridgehead atoms. The number of hydrogen-bond acceptors (Lipinski definition) is 2. The zero-order valence-corrected chi connectivity index (χ0v) is 9.67. The molecule has 1 aromatic heterocycles. The second-order valence-electron chi connectivity index (χ2n) is 3.45. The predicted molar refractivity (Wildman–Crippen MR) is 67.5 cm³/mol. The largest absolute Gasteiger partial charge is 0.255 e. The lowest BCUT2D eigenvalue weighted by Gasteiger charge is -2.02. The Morgan fingerprint density at radius 2 is 1.94 bits per heavy atom. The normalized spacial score (nSPS) is 9.71. The summed E-state index contributed by atoms with van der Waals surface area (Å²) < 4.78 is 0. The number of benzene rings is 1. The van der Waals surface area contributed by atoms with E-state index in [1.165, 1.54) is 0 Å². The van der Waals surface area contributed by atoms with Gasteiger partial charge in [0.2, 0.25) is 0 Å². The number of halogens is 1. The Balaban J connectivity index is 2.22. The third-order valence-electron chi connectivity index (χ3n) is 2.29. The lowest BCUT2D eigenvalue weighted by Crippen LogP contribution is -1.84. The molecule has 0 atom stereocenters. The van der Waals surface area contributed by atoms with Crippen LogP contribution < -0.4 is 0 Å². The maximum Gasteiger partial charge on any atom is 0.0703 e. The summed E-state index contributed by atoms with van der Waals surface area (Å²) in [6.07, 6.45) is 1.62. The van der Waals surface area contributed by atoms with Gasteiger partial charge in [-0.2, -0.15) is 0 Å². The van der Waals surface area contributed by atoms with Gasteiger partial charge in [0.15, 0.2) is 0 Å². The summed E-state index contributed by atoms with van der Waals surface area (Å²) in [5.41, 5.74) is 11.1. The first-order chi connectivity index (χ1) is 8.29. The van der Waals surface area contributed by atoms with E-state index in [2.05, 4.69) is 15.0 Å². The molecule has 5 heteroatoms. The summed E-state index contributed by atoms with van der Waals surface area (Å²) in [4.78, 5) is 6.95. The van der Waals surface area contributed by atoms with E-state index in [0.29, 0.717) is 11.6 Å². The number of hydrogen-bond donors (Lipinski definition) is 0. The molecule has 0 aliphatic rings. The lowest BCUT2D eigenvalue weighted by atomic mass is 10.1. The Labute approximate surface area is 104 Å². The van der Waals surface area contributed by atoms with Gasteiger partial charge in [0, 0.05) is 16.7 Å². The topological polar surface area (TPSA) is 61.7 Å². The Morgan fingerprint density at radius 1 is 1.18 bits per heavy atom. The molecule has 0 unspecified atom stereocenters. The van der Waals surface area contributed by atoms with Crippen LogP contribution in [0.15, 0.2) is 47.7 Å². The smallest absolute Gasteiger partial charge is 0.0703 e. The average molecular weight is 245 g/mol. The molecule has 0 N–H and O–H groups in total. The van der Waals surface area contributed by atoms with Crippen LogP contribution in [0.1, 0.15) is 5.56 Å². The number of nitrogens with zero attached hydrogens (tertiary/aromatic N) is 4. The lowest BCUT2D eigenvalue weighted by molar-refractivity contribution is 1.05. The Hall–Kier alpha value is -2.03. The fourth-order valence-electron chi connectivity index (χ4n) is 1.44. The minimum atomic E-state index is 0.366. The summed E-state index contributed by atoms with van der Waals surface area (Å²) in [5.74, 6) is 0. The van der Waals surface area contributed by atoms with Gasteiger partial charge >= 0.3 is 0 Å². The number of aromatic nitrogens is 1. The fourth-order valence-corrected chi connectivity index (χ4v) is 1.55. The van der Waals surface area contributed by atoms with Crippen molar-refractivity contribution in [1.82, 2.24) is 4.98 Å². The summed E-state index contributed by atoms with van der Waals surface area (Å²) in [7, 11) is 0. The molecule has 0 amide bonds.